The summed E-state index contributed by atoms with van der Waals surface area (Å²) in [6.45, 7) is 6.09. The lowest BCUT2D eigenvalue weighted by Gasteiger charge is -2.24. The van der Waals surface area contributed by atoms with Gasteiger partial charge in [0.1, 0.15) is 77.5 Å². The quantitative estimate of drug-likeness (QED) is 0.0338. The molecule has 5 unspecified atom stereocenters. The molecule has 0 fully saturated rings. The molecule has 70 heavy (non-hydrogen) atoms. The maximum absolute atomic E-state index is 13.2. The number of nitrogen functional groups attached to an aromatic ring is 1. The Morgan fingerprint density at radius 2 is 1.41 bits per heavy atom. The lowest BCUT2D eigenvalue weighted by molar-refractivity contribution is -0.163. The molecule has 4 rings (SSSR count). The molecule has 0 saturated heterocycles. The van der Waals surface area contributed by atoms with Crippen LogP contribution in [0.25, 0.3) is 22.6 Å². The molecular formula is C45H50ClN11O12S. The summed E-state index contributed by atoms with van der Waals surface area (Å²) in [4.78, 5) is 96.0. The number of pyridine rings is 1. The molecule has 0 radical (unpaired) electrons. The molecule has 2 aromatic heterocycles. The van der Waals surface area contributed by atoms with Crippen LogP contribution in [0.15, 0.2) is 64.2 Å². The van der Waals surface area contributed by atoms with E-state index in [1.807, 2.05) is 6.07 Å². The lowest BCUT2D eigenvalue weighted by Crippen LogP contribution is -2.53. The van der Waals surface area contributed by atoms with Crippen LogP contribution in [0.2, 0.25) is 5.02 Å². The van der Waals surface area contributed by atoms with Crippen molar-refractivity contribution in [3.63, 3.8) is 0 Å². The number of alkyl carbamates (subject to hydrolysis) is 1. The monoisotopic (exact) mass is 1000 g/mol. The number of nitrogens with one attached hydrogen (secondary N) is 3. The number of primary amides is 2. The van der Waals surface area contributed by atoms with Gasteiger partial charge in [-0.15, -0.1) is 0 Å². The van der Waals surface area contributed by atoms with Crippen LogP contribution < -0.4 is 43.6 Å². The lowest BCUT2D eigenvalue weighted by atomic mass is 9.97. The highest BCUT2D eigenvalue weighted by Crippen LogP contribution is 2.37. The zero-order valence-electron chi connectivity index (χ0n) is 38.4. The van der Waals surface area contributed by atoms with Gasteiger partial charge in [0.05, 0.1) is 30.1 Å². The number of thioether (sulfide) groups is 1. The van der Waals surface area contributed by atoms with Crippen molar-refractivity contribution in [2.45, 2.75) is 94.1 Å². The number of nitrogens with two attached hydrogens (primary N) is 4. The molecule has 0 aliphatic rings. The Hall–Kier alpha value is -7.93. The number of esters is 2. The Balaban J connectivity index is 1.51. The second-order valence-corrected chi connectivity index (χ2v) is 17.6. The van der Waals surface area contributed by atoms with Crippen molar-refractivity contribution >= 4 is 70.8 Å². The third kappa shape index (κ3) is 16.4. The van der Waals surface area contributed by atoms with Gasteiger partial charge < -0.3 is 62.2 Å². The molecule has 11 N–H and O–H groups in total. The number of benzene rings is 2. The van der Waals surface area contributed by atoms with E-state index in [1.165, 1.54) is 44.4 Å². The van der Waals surface area contributed by atoms with Crippen molar-refractivity contribution in [2.24, 2.45) is 17.2 Å². The highest BCUT2D eigenvalue weighted by molar-refractivity contribution is 7.98. The van der Waals surface area contributed by atoms with Crippen molar-refractivity contribution in [3.05, 3.63) is 76.6 Å². The number of oxazole rings is 1. The molecule has 0 spiro atoms. The van der Waals surface area contributed by atoms with Gasteiger partial charge in [-0.25, -0.2) is 24.4 Å². The molecule has 5 amide bonds. The van der Waals surface area contributed by atoms with Gasteiger partial charge in [-0.2, -0.15) is 10.5 Å². The number of nitrogens with zero attached hydrogens (tertiary/aromatic N) is 4. The number of carbonyl (C=O) groups excluding carboxylic acids is 7. The zero-order chi connectivity index (χ0) is 51.9. The first-order valence-electron chi connectivity index (χ1n) is 21.0. The number of rotatable bonds is 22. The number of hydrogen-bond donors (Lipinski definition) is 7. The second kappa shape index (κ2) is 24.9. The van der Waals surface area contributed by atoms with Gasteiger partial charge in [0.25, 0.3) is 0 Å². The third-order valence-electron chi connectivity index (χ3n) is 9.28. The molecule has 0 aliphatic heterocycles. The molecule has 0 saturated carbocycles. The minimum atomic E-state index is -1.53. The Morgan fingerprint density at radius 3 is 2.01 bits per heavy atom. The van der Waals surface area contributed by atoms with Crippen molar-refractivity contribution < 1.29 is 56.9 Å². The summed E-state index contributed by atoms with van der Waals surface area (Å²) in [5.74, 6) is -5.12. The minimum Gasteiger partial charge on any atom is -0.490 e. The van der Waals surface area contributed by atoms with Crippen LogP contribution in [0.4, 0.5) is 10.6 Å². The van der Waals surface area contributed by atoms with Crippen LogP contribution in [0.1, 0.15) is 64.3 Å². The van der Waals surface area contributed by atoms with Crippen LogP contribution in [0.5, 0.6) is 5.75 Å². The first-order chi connectivity index (χ1) is 33.0. The third-order valence-corrected chi connectivity index (χ3v) is 10.5. The van der Waals surface area contributed by atoms with Gasteiger partial charge in [0.2, 0.25) is 29.5 Å². The minimum absolute atomic E-state index is 0.0558. The van der Waals surface area contributed by atoms with E-state index >= 15 is 0 Å². The highest BCUT2D eigenvalue weighted by atomic mass is 35.5. The van der Waals surface area contributed by atoms with E-state index in [4.69, 9.17) is 57.9 Å². The average molecular weight is 1000 g/mol. The predicted molar refractivity (Wildman–Crippen MR) is 250 cm³/mol. The van der Waals surface area contributed by atoms with Gasteiger partial charge >= 0.3 is 18.0 Å². The molecule has 23 nitrogen and oxygen atoms in total. The van der Waals surface area contributed by atoms with E-state index in [0.717, 1.165) is 11.8 Å². The Bertz CT molecular complexity index is 2660. The van der Waals surface area contributed by atoms with Crippen molar-refractivity contribution in [1.29, 1.82) is 10.5 Å². The zero-order valence-corrected chi connectivity index (χ0v) is 40.0. The van der Waals surface area contributed by atoms with Crippen LogP contribution in [-0.2, 0) is 48.7 Å². The fourth-order valence-corrected chi connectivity index (χ4v) is 6.94. The van der Waals surface area contributed by atoms with E-state index in [1.54, 1.807) is 45.0 Å². The Kier molecular flexibility index (Phi) is 19.4. The van der Waals surface area contributed by atoms with Crippen LogP contribution in [-0.4, -0.2) is 101 Å². The Labute approximate surface area is 410 Å². The number of hydrogen-bond acceptors (Lipinski definition) is 19. The molecule has 5 atom stereocenters. The predicted octanol–water partition coefficient (Wildman–Crippen LogP) is 2.49. The first-order valence-corrected chi connectivity index (χ1v) is 22.3. The molecular weight excluding hydrogens is 954 g/mol. The summed E-state index contributed by atoms with van der Waals surface area (Å²) in [5, 5.41) is 28.1. The number of ether oxygens (including phenoxy) is 4. The first kappa shape index (κ1) is 54.7. The van der Waals surface area contributed by atoms with Gasteiger partial charge in [-0.3, -0.25) is 19.2 Å². The molecule has 25 heteroatoms. The average Bonchev–Trinajstić information content (AvgIpc) is 3.76. The second-order valence-electron chi connectivity index (χ2n) is 16.2. The summed E-state index contributed by atoms with van der Waals surface area (Å²) in [5.41, 5.74) is 23.2. The van der Waals surface area contributed by atoms with Crippen molar-refractivity contribution in [2.75, 3.05) is 18.9 Å². The van der Waals surface area contributed by atoms with E-state index in [9.17, 15) is 44.1 Å². The summed E-state index contributed by atoms with van der Waals surface area (Å²) in [6, 6.07) is 11.5. The van der Waals surface area contributed by atoms with Gasteiger partial charge in [-0.05, 0) is 76.6 Å². The van der Waals surface area contributed by atoms with Crippen LogP contribution >= 0.6 is 23.4 Å². The SMILES string of the molecule is CC(NC(=O)C(CC(N)=O)NC(=O)OC(C)(C)C)C(=O)OCC(COc1ccc(-c2c(C#N)c(N)nc(SCc3coc(-c4ccc(Cl)cc4)n3)c2C#N)cc1)OC(=O)C(C)NC(=O)C(N)CC(N)=O. The molecule has 2 aromatic carbocycles. The molecule has 0 bridgehead atoms. The van der Waals surface area contributed by atoms with E-state index in [-0.39, 0.29) is 39.0 Å². The molecule has 370 valence electrons. The normalized spacial score (nSPS) is 13.1. The van der Waals surface area contributed by atoms with Gasteiger partial charge in [0, 0.05) is 21.9 Å². The molecule has 4 aromatic rings. The fourth-order valence-electron chi connectivity index (χ4n) is 5.94. The van der Waals surface area contributed by atoms with Crippen LogP contribution in [0, 0.1) is 22.7 Å². The smallest absolute Gasteiger partial charge is 0.408 e. The standard InChI is InChI=1S/C45H50ClN11O12S/c1-22(54-39(61)33(15-35(51)59)56-44(64)69-45(3,4)5)42(62)67-20-29(68-43(63)23(2)53-38(60)32(49)14-34(50)58)19-65-28-12-8-24(9-13-28)36-30(16-47)37(52)57-41(31(36)17-48)70-21-27-18-66-40(55-27)25-6-10-26(46)11-7-25/h6-13,18,22-23,29,32-33H,14-15,19-21,49H2,1-5H3,(H2,50,58)(H2,51,59)(H2,52,57)(H,53,60)(H,54,61)(H,56,64). The topological polar surface area (TPSA) is 383 Å². The van der Waals surface area contributed by atoms with Gasteiger partial charge in [-0.1, -0.05) is 35.5 Å². The van der Waals surface area contributed by atoms with E-state index in [2.05, 4.69) is 32.0 Å². The number of anilines is 1. The van der Waals surface area contributed by atoms with Crippen molar-refractivity contribution in [1.82, 2.24) is 25.9 Å². The number of amides is 5. The number of halogens is 1. The number of carbonyl (C=O) groups is 7. The fraction of sp³-hybridized carbons (Fsp3) is 0.356. The highest BCUT2D eigenvalue weighted by Gasteiger charge is 2.31. The Morgan fingerprint density at radius 1 is 0.814 bits per heavy atom. The number of aromatic nitrogens is 2. The van der Waals surface area contributed by atoms with E-state index < -0.39 is 104 Å². The van der Waals surface area contributed by atoms with E-state index in [0.29, 0.717) is 27.7 Å². The summed E-state index contributed by atoms with van der Waals surface area (Å²) in [6.07, 6.45) is -2.08. The van der Waals surface area contributed by atoms with Gasteiger partial charge in [0.15, 0.2) is 6.10 Å². The van der Waals surface area contributed by atoms with Crippen LogP contribution in [0.3, 0.4) is 0 Å². The molecule has 0 aliphatic carbocycles. The van der Waals surface area contributed by atoms with Crippen molar-refractivity contribution in [3.8, 4) is 40.5 Å². The summed E-state index contributed by atoms with van der Waals surface area (Å²) >= 11 is 7.15. The largest absolute Gasteiger partial charge is 0.490 e. The maximum Gasteiger partial charge on any atom is 0.408 e. The number of nitriles is 2. The maximum atomic E-state index is 13.2. The summed E-state index contributed by atoms with van der Waals surface area (Å²) in [7, 11) is 0. The summed E-state index contributed by atoms with van der Waals surface area (Å²) < 4.78 is 27.6. The molecule has 2 heterocycles.